The van der Waals surface area contributed by atoms with Crippen molar-refractivity contribution >= 4 is 34.0 Å². The van der Waals surface area contributed by atoms with E-state index in [1.165, 1.54) is 6.20 Å². The first kappa shape index (κ1) is 18.3. The Morgan fingerprint density at radius 1 is 1.07 bits per heavy atom. The molecular weight excluding hydrogens is 362 g/mol. The minimum absolute atomic E-state index is 0.0545. The Bertz CT molecular complexity index is 1050. The van der Waals surface area contributed by atoms with Crippen LogP contribution in [0.15, 0.2) is 72.4 Å². The molecule has 0 radical (unpaired) electrons. The molecule has 0 aliphatic rings. The number of nitriles is 1. The van der Waals surface area contributed by atoms with Gasteiger partial charge in [0.05, 0.1) is 0 Å². The molecule has 0 aromatic heterocycles. The van der Waals surface area contributed by atoms with Crippen molar-refractivity contribution in [1.82, 2.24) is 5.32 Å². The third kappa shape index (κ3) is 4.38. The highest BCUT2D eigenvalue weighted by molar-refractivity contribution is 6.30. The minimum Gasteiger partial charge on any atom is -0.507 e. The molecule has 5 nitrogen and oxygen atoms in total. The molecule has 3 rings (SSSR count). The number of anilines is 1. The number of amides is 1. The van der Waals surface area contributed by atoms with Gasteiger partial charge in [-0.05, 0) is 29.8 Å². The molecule has 3 N–H and O–H groups in total. The van der Waals surface area contributed by atoms with Crippen molar-refractivity contribution in [2.24, 2.45) is 0 Å². The summed E-state index contributed by atoms with van der Waals surface area (Å²) in [5.74, 6) is -0.315. The normalized spacial score (nSPS) is 11.0. The lowest BCUT2D eigenvalue weighted by molar-refractivity contribution is -0.117. The number of fused-ring (bicyclic) bond motifs is 1. The Hall–Kier alpha value is -3.49. The molecule has 27 heavy (non-hydrogen) atoms. The first-order valence-corrected chi connectivity index (χ1v) is 8.56. The molecule has 0 fully saturated rings. The fraction of sp³-hybridized carbons (Fsp3) is 0.0476. The first-order chi connectivity index (χ1) is 13.1. The lowest BCUT2D eigenvalue weighted by Gasteiger charge is -2.08. The van der Waals surface area contributed by atoms with E-state index in [0.29, 0.717) is 16.1 Å². The summed E-state index contributed by atoms with van der Waals surface area (Å²) < 4.78 is 0. The topological polar surface area (TPSA) is 85.2 Å². The molecule has 0 atom stereocenters. The maximum atomic E-state index is 12.2. The second-order valence-electron chi connectivity index (χ2n) is 5.80. The molecule has 0 spiro atoms. The number of phenols is 1. The number of hydrogen-bond donors (Lipinski definition) is 3. The van der Waals surface area contributed by atoms with Gasteiger partial charge in [-0.3, -0.25) is 4.79 Å². The Kier molecular flexibility index (Phi) is 5.60. The van der Waals surface area contributed by atoms with Gasteiger partial charge in [0.15, 0.2) is 0 Å². The number of nitrogens with zero attached hydrogens (tertiary/aromatic N) is 1. The van der Waals surface area contributed by atoms with Gasteiger partial charge in [0.1, 0.15) is 17.4 Å². The van der Waals surface area contributed by atoms with Crippen molar-refractivity contribution in [3.63, 3.8) is 0 Å². The number of aromatic hydroxyl groups is 1. The summed E-state index contributed by atoms with van der Waals surface area (Å²) in [7, 11) is 0. The summed E-state index contributed by atoms with van der Waals surface area (Å²) in [6.07, 6.45) is 1.36. The number of nitrogens with one attached hydrogen (secondary N) is 2. The molecule has 0 aliphatic carbocycles. The van der Waals surface area contributed by atoms with Crippen molar-refractivity contribution in [3.8, 4) is 11.8 Å². The van der Waals surface area contributed by atoms with Crippen LogP contribution in [0.3, 0.4) is 0 Å². The van der Waals surface area contributed by atoms with Crippen molar-refractivity contribution in [1.29, 1.82) is 5.26 Å². The average molecular weight is 378 g/mol. The molecule has 6 heteroatoms. The zero-order chi connectivity index (χ0) is 19.2. The van der Waals surface area contributed by atoms with Gasteiger partial charge in [0.2, 0.25) is 0 Å². The monoisotopic (exact) mass is 377 g/mol. The van der Waals surface area contributed by atoms with Crippen LogP contribution in [0.4, 0.5) is 5.69 Å². The highest BCUT2D eigenvalue weighted by atomic mass is 35.5. The number of hydrogen-bond acceptors (Lipinski definition) is 4. The van der Waals surface area contributed by atoms with E-state index in [2.05, 4.69) is 10.6 Å². The summed E-state index contributed by atoms with van der Waals surface area (Å²) in [5.41, 5.74) is 1.50. The van der Waals surface area contributed by atoms with Crippen LogP contribution in [0.1, 0.15) is 5.56 Å². The van der Waals surface area contributed by atoms with Gasteiger partial charge >= 0.3 is 0 Å². The lowest BCUT2D eigenvalue weighted by atomic mass is 10.1. The van der Waals surface area contributed by atoms with Crippen LogP contribution < -0.4 is 10.6 Å². The molecule has 0 aliphatic heterocycles. The maximum absolute atomic E-state index is 12.2. The van der Waals surface area contributed by atoms with Gasteiger partial charge in [0, 0.05) is 34.2 Å². The average Bonchev–Trinajstić information content (AvgIpc) is 2.68. The van der Waals surface area contributed by atoms with Crippen LogP contribution in [0.25, 0.3) is 10.8 Å². The molecule has 0 saturated carbocycles. The van der Waals surface area contributed by atoms with Gasteiger partial charge in [-0.2, -0.15) is 5.26 Å². The van der Waals surface area contributed by atoms with Gasteiger partial charge in [0.25, 0.3) is 5.91 Å². The van der Waals surface area contributed by atoms with Crippen LogP contribution in [-0.2, 0) is 11.3 Å². The van der Waals surface area contributed by atoms with E-state index in [1.807, 2.05) is 12.1 Å². The number of phenolic OH excluding ortho intramolecular Hbond substituents is 1. The summed E-state index contributed by atoms with van der Waals surface area (Å²) in [6, 6.07) is 19.5. The van der Waals surface area contributed by atoms with Crippen LogP contribution in [0, 0.1) is 11.3 Å². The van der Waals surface area contributed by atoms with Crippen LogP contribution >= 0.6 is 11.6 Å². The molecule has 134 valence electrons. The van der Waals surface area contributed by atoms with Gasteiger partial charge in [-0.25, -0.2) is 0 Å². The molecule has 0 heterocycles. The molecule has 3 aromatic rings. The van der Waals surface area contributed by atoms with E-state index in [0.717, 1.165) is 10.9 Å². The Morgan fingerprint density at radius 3 is 2.52 bits per heavy atom. The second-order valence-corrected chi connectivity index (χ2v) is 6.24. The molecule has 0 bridgehead atoms. The third-order valence-corrected chi connectivity index (χ3v) is 4.25. The van der Waals surface area contributed by atoms with E-state index >= 15 is 0 Å². The summed E-state index contributed by atoms with van der Waals surface area (Å²) >= 11 is 5.83. The maximum Gasteiger partial charge on any atom is 0.263 e. The SMILES string of the molecule is N#C/C(=C/Nc1cccc2c(O)cccc12)C(=O)NCc1ccc(Cl)cc1. The quantitative estimate of drug-likeness (QED) is 0.456. The largest absolute Gasteiger partial charge is 0.507 e. The molecule has 3 aromatic carbocycles. The molecule has 0 unspecified atom stereocenters. The van der Waals surface area contributed by atoms with Crippen molar-refractivity contribution in [2.75, 3.05) is 5.32 Å². The minimum atomic E-state index is -0.483. The van der Waals surface area contributed by atoms with E-state index in [-0.39, 0.29) is 17.9 Å². The summed E-state index contributed by atoms with van der Waals surface area (Å²) in [5, 5.41) is 27.0. The second kappa shape index (κ2) is 8.26. The fourth-order valence-corrected chi connectivity index (χ4v) is 2.72. The van der Waals surface area contributed by atoms with Crippen LogP contribution in [-0.4, -0.2) is 11.0 Å². The van der Waals surface area contributed by atoms with E-state index in [1.54, 1.807) is 54.6 Å². The van der Waals surface area contributed by atoms with Crippen LogP contribution in [0.5, 0.6) is 5.75 Å². The van der Waals surface area contributed by atoms with E-state index in [9.17, 15) is 15.2 Å². The number of carbonyl (C=O) groups excluding carboxylic acids is 1. The summed E-state index contributed by atoms with van der Waals surface area (Å²) in [4.78, 5) is 12.2. The van der Waals surface area contributed by atoms with Gasteiger partial charge in [-0.1, -0.05) is 48.0 Å². The summed E-state index contributed by atoms with van der Waals surface area (Å²) in [6.45, 7) is 0.289. The Morgan fingerprint density at radius 2 is 1.78 bits per heavy atom. The van der Waals surface area contributed by atoms with Gasteiger partial charge in [-0.15, -0.1) is 0 Å². The van der Waals surface area contributed by atoms with E-state index < -0.39 is 5.91 Å². The van der Waals surface area contributed by atoms with E-state index in [4.69, 9.17) is 11.6 Å². The number of halogens is 1. The number of rotatable bonds is 5. The number of benzene rings is 3. The molecule has 0 saturated heterocycles. The zero-order valence-electron chi connectivity index (χ0n) is 14.2. The highest BCUT2D eigenvalue weighted by Gasteiger charge is 2.09. The molecular formula is C21H16ClN3O2. The van der Waals surface area contributed by atoms with Crippen molar-refractivity contribution in [2.45, 2.75) is 6.54 Å². The standard InChI is InChI=1S/C21H16ClN3O2/c22-16-9-7-14(8-10-16)12-25-21(27)15(11-23)13-24-19-5-1-4-18-17(19)3-2-6-20(18)26/h1-10,13,24,26H,12H2,(H,25,27)/b15-13-. The number of carbonyl (C=O) groups is 1. The third-order valence-electron chi connectivity index (χ3n) is 4.00. The highest BCUT2D eigenvalue weighted by Crippen LogP contribution is 2.29. The predicted octanol–water partition coefficient (Wildman–Crippen LogP) is 4.33. The predicted molar refractivity (Wildman–Crippen MR) is 106 cm³/mol. The fourth-order valence-electron chi connectivity index (χ4n) is 2.60. The zero-order valence-corrected chi connectivity index (χ0v) is 15.0. The Labute approximate surface area is 161 Å². The lowest BCUT2D eigenvalue weighted by Crippen LogP contribution is -2.24. The smallest absolute Gasteiger partial charge is 0.263 e. The van der Waals surface area contributed by atoms with Crippen LogP contribution in [0.2, 0.25) is 5.02 Å². The Balaban J connectivity index is 1.73. The van der Waals surface area contributed by atoms with Gasteiger partial charge < -0.3 is 15.7 Å². The van der Waals surface area contributed by atoms with Crippen molar-refractivity contribution in [3.05, 3.63) is 83.0 Å². The molecule has 1 amide bonds. The first-order valence-electron chi connectivity index (χ1n) is 8.18. The van der Waals surface area contributed by atoms with Crippen molar-refractivity contribution < 1.29 is 9.90 Å².